The van der Waals surface area contributed by atoms with E-state index in [1.807, 2.05) is 0 Å². The minimum Gasteiger partial charge on any atom is -0.390 e. The van der Waals surface area contributed by atoms with E-state index in [2.05, 4.69) is 40.7 Å². The molecule has 0 aromatic heterocycles. The Hall–Kier alpha value is -0.190. The van der Waals surface area contributed by atoms with Crippen molar-refractivity contribution in [2.24, 2.45) is 46.3 Å². The number of rotatable bonds is 5. The summed E-state index contributed by atoms with van der Waals surface area (Å²) >= 11 is 0. The topological polar surface area (TPSA) is 65.0 Å². The summed E-state index contributed by atoms with van der Waals surface area (Å²) in [5.74, 6) is 3.09. The van der Waals surface area contributed by atoms with Crippen LogP contribution in [0.3, 0.4) is 0 Å². The van der Waals surface area contributed by atoms with Crippen molar-refractivity contribution < 1.29 is 23.2 Å². The van der Waals surface area contributed by atoms with Crippen LogP contribution in [0.25, 0.3) is 0 Å². The van der Waals surface area contributed by atoms with E-state index in [4.69, 9.17) is 13.6 Å². The van der Waals surface area contributed by atoms with Gasteiger partial charge in [0.1, 0.15) is 0 Å². The number of phosphoric acid groups is 1. The Morgan fingerprint density at radius 2 is 1.88 bits per heavy atom. The molecular formula is C27H43O5P. The summed E-state index contributed by atoms with van der Waals surface area (Å²) in [7, 11) is -3.47. The first-order valence-corrected chi connectivity index (χ1v) is 15.1. The number of hydrogen-bond acceptors (Lipinski definition) is 5. The second kappa shape index (κ2) is 7.42. The summed E-state index contributed by atoms with van der Waals surface area (Å²) in [5.41, 5.74) is 1.28. The molecule has 4 aliphatic carbocycles. The van der Waals surface area contributed by atoms with Crippen molar-refractivity contribution >= 4 is 7.82 Å². The molecule has 33 heavy (non-hydrogen) atoms. The summed E-state index contributed by atoms with van der Waals surface area (Å²) in [6.07, 6.45) is 11.9. The molecule has 6 fully saturated rings. The molecule has 1 unspecified atom stereocenters. The highest BCUT2D eigenvalue weighted by molar-refractivity contribution is 7.50. The summed E-state index contributed by atoms with van der Waals surface area (Å²) in [6.45, 7) is 12.0. The summed E-state index contributed by atoms with van der Waals surface area (Å²) in [4.78, 5) is 0. The summed E-state index contributed by atoms with van der Waals surface area (Å²) < 4.78 is 30.3. The van der Waals surface area contributed by atoms with Gasteiger partial charge in [0.25, 0.3) is 0 Å². The van der Waals surface area contributed by atoms with Gasteiger partial charge in [-0.15, -0.1) is 0 Å². The second-order valence-corrected chi connectivity index (χ2v) is 14.6. The standard InChI is InChI=1S/C27H43O5P/c1-16(2)7-6-8-17(3)20-11-12-21-19-10-9-18-15-23(28)24-27(31-33(29,30-24)32-27)26(18,5)22(19)13-14-25(20,21)4/h9,16-17,19-24,28H,6-8,10-15H2,1-5H3/t17-,19+,20-,21+,22+,23+,24?,25-,26+,27?,33?/m1/s1. The van der Waals surface area contributed by atoms with E-state index in [0.29, 0.717) is 23.7 Å². The average molecular weight is 479 g/mol. The number of allylic oxidation sites excluding steroid dienone is 1. The van der Waals surface area contributed by atoms with Crippen LogP contribution in [0.2, 0.25) is 0 Å². The fourth-order valence-corrected chi connectivity index (χ4v) is 11.6. The Morgan fingerprint density at radius 3 is 2.61 bits per heavy atom. The maximum absolute atomic E-state index is 12.6. The molecule has 7 aliphatic rings. The average Bonchev–Trinajstić information content (AvgIpc) is 3.34. The Kier molecular flexibility index (Phi) is 5.22. The van der Waals surface area contributed by atoms with E-state index in [0.717, 1.165) is 36.5 Å². The summed E-state index contributed by atoms with van der Waals surface area (Å²) in [6, 6.07) is 0. The highest BCUT2D eigenvalue weighted by Gasteiger charge is 2.83. The van der Waals surface area contributed by atoms with Crippen LogP contribution in [0, 0.1) is 46.3 Å². The van der Waals surface area contributed by atoms with E-state index in [-0.39, 0.29) is 5.41 Å². The molecule has 3 aliphatic heterocycles. The third kappa shape index (κ3) is 2.95. The molecule has 0 aromatic rings. The normalized spacial score (nSPS) is 55.2. The van der Waals surface area contributed by atoms with Gasteiger partial charge in [0.15, 0.2) is 6.10 Å². The molecule has 0 radical (unpaired) electrons. The lowest BCUT2D eigenvalue weighted by molar-refractivity contribution is -0.291. The van der Waals surface area contributed by atoms with Crippen molar-refractivity contribution in [3.8, 4) is 0 Å². The van der Waals surface area contributed by atoms with Crippen LogP contribution in [-0.4, -0.2) is 23.1 Å². The van der Waals surface area contributed by atoms with E-state index in [9.17, 15) is 9.67 Å². The molecule has 9 atom stereocenters. The van der Waals surface area contributed by atoms with Gasteiger partial charge < -0.3 is 5.11 Å². The lowest BCUT2D eigenvalue weighted by Gasteiger charge is -2.63. The van der Waals surface area contributed by atoms with Crippen molar-refractivity contribution in [2.75, 3.05) is 0 Å². The first kappa shape index (κ1) is 23.2. The minimum absolute atomic E-state index is 0.369. The van der Waals surface area contributed by atoms with Crippen LogP contribution in [0.5, 0.6) is 0 Å². The predicted molar refractivity (Wildman–Crippen MR) is 127 cm³/mol. The fraction of sp³-hybridized carbons (Fsp3) is 0.926. The van der Waals surface area contributed by atoms with E-state index >= 15 is 0 Å². The SMILES string of the molecule is CC(C)CCC[C@@H](C)[C@H]1CC[C@H]2[C@@H]3CC=C4C[C@H](O)C5OP6(=O)OC5(O6)[C@]4(C)[C@H]3CC[C@]12C. The first-order valence-electron chi connectivity index (χ1n) is 13.6. The van der Waals surface area contributed by atoms with Gasteiger partial charge in [-0.3, -0.25) is 4.52 Å². The molecule has 3 saturated carbocycles. The zero-order chi connectivity index (χ0) is 23.4. The van der Waals surface area contributed by atoms with Gasteiger partial charge >= 0.3 is 7.82 Å². The van der Waals surface area contributed by atoms with Crippen molar-refractivity contribution in [1.29, 1.82) is 0 Å². The Morgan fingerprint density at radius 1 is 1.12 bits per heavy atom. The molecule has 3 saturated heterocycles. The van der Waals surface area contributed by atoms with E-state index in [1.165, 1.54) is 44.1 Å². The van der Waals surface area contributed by atoms with Crippen molar-refractivity contribution in [1.82, 2.24) is 0 Å². The number of phosphoric ester groups is 1. The van der Waals surface area contributed by atoms with Crippen LogP contribution >= 0.6 is 7.82 Å². The second-order valence-electron chi connectivity index (χ2n) is 13.2. The zero-order valence-electron chi connectivity index (χ0n) is 21.1. The lowest BCUT2D eigenvalue weighted by Crippen LogP contribution is -2.69. The van der Waals surface area contributed by atoms with Gasteiger partial charge in [0.05, 0.1) is 6.10 Å². The molecule has 0 aromatic carbocycles. The molecule has 3 heterocycles. The summed E-state index contributed by atoms with van der Waals surface area (Å²) in [5, 5.41) is 10.8. The largest absolute Gasteiger partial charge is 0.480 e. The molecule has 6 heteroatoms. The number of fused-ring (bicyclic) bond motifs is 5. The van der Waals surface area contributed by atoms with Crippen LogP contribution in [0.15, 0.2) is 11.6 Å². The van der Waals surface area contributed by atoms with Gasteiger partial charge in [0.2, 0.25) is 5.79 Å². The Balaban J connectivity index is 1.27. The zero-order valence-corrected chi connectivity index (χ0v) is 22.0. The number of hydrogen-bond donors (Lipinski definition) is 1. The smallest absolute Gasteiger partial charge is 0.390 e. The third-order valence-electron chi connectivity index (χ3n) is 11.3. The van der Waals surface area contributed by atoms with Crippen LogP contribution < -0.4 is 0 Å². The lowest BCUT2D eigenvalue weighted by atomic mass is 9.45. The van der Waals surface area contributed by atoms with Crippen LogP contribution in [0.4, 0.5) is 0 Å². The van der Waals surface area contributed by atoms with Gasteiger partial charge in [-0.05, 0) is 79.4 Å². The molecule has 7 rings (SSSR count). The molecular weight excluding hydrogens is 435 g/mol. The molecule has 186 valence electrons. The fourth-order valence-electron chi connectivity index (χ4n) is 9.70. The van der Waals surface area contributed by atoms with Crippen LogP contribution in [-0.2, 0) is 18.1 Å². The minimum atomic E-state index is -3.47. The quantitative estimate of drug-likeness (QED) is 0.345. The highest BCUT2D eigenvalue weighted by atomic mass is 31.2. The Bertz CT molecular complexity index is 889. The molecule has 1 spiro atoms. The van der Waals surface area contributed by atoms with Crippen molar-refractivity contribution in [3.05, 3.63) is 11.6 Å². The third-order valence-corrected chi connectivity index (χ3v) is 12.8. The van der Waals surface area contributed by atoms with E-state index in [1.54, 1.807) is 0 Å². The molecule has 5 nitrogen and oxygen atoms in total. The molecule has 1 N–H and O–H groups in total. The Labute approximate surface area is 199 Å². The number of aliphatic hydroxyl groups excluding tert-OH is 1. The number of aliphatic hydroxyl groups is 1. The molecule has 2 bridgehead atoms. The van der Waals surface area contributed by atoms with Gasteiger partial charge in [-0.1, -0.05) is 65.5 Å². The molecule has 0 amide bonds. The first-order chi connectivity index (χ1) is 15.5. The monoisotopic (exact) mass is 478 g/mol. The van der Waals surface area contributed by atoms with Crippen molar-refractivity contribution in [2.45, 2.75) is 110 Å². The van der Waals surface area contributed by atoms with Gasteiger partial charge in [0, 0.05) is 5.41 Å². The van der Waals surface area contributed by atoms with Crippen molar-refractivity contribution in [3.63, 3.8) is 0 Å². The maximum Gasteiger partial charge on any atom is 0.480 e. The van der Waals surface area contributed by atoms with E-state index < -0.39 is 25.8 Å². The van der Waals surface area contributed by atoms with Crippen LogP contribution in [0.1, 0.15) is 92.4 Å². The van der Waals surface area contributed by atoms with Gasteiger partial charge in [-0.25, -0.2) is 13.6 Å². The van der Waals surface area contributed by atoms with Gasteiger partial charge in [-0.2, -0.15) is 0 Å². The maximum atomic E-state index is 12.6. The highest BCUT2D eigenvalue weighted by Crippen LogP contribution is 2.83. The predicted octanol–water partition coefficient (Wildman–Crippen LogP) is 6.86.